The molecule has 3 nitrogen and oxygen atoms in total. The van der Waals surface area contributed by atoms with E-state index in [2.05, 4.69) is 78.7 Å². The van der Waals surface area contributed by atoms with Gasteiger partial charge >= 0.3 is 0 Å². The smallest absolute Gasteiger partial charge is 0.213 e. The van der Waals surface area contributed by atoms with Crippen LogP contribution in [-0.2, 0) is 0 Å². The van der Waals surface area contributed by atoms with Crippen LogP contribution in [0.4, 0.5) is 0 Å². The fourth-order valence-corrected chi connectivity index (χ4v) is 4.73. The molecule has 0 amide bonds. The Morgan fingerprint density at radius 3 is 2.55 bits per heavy atom. The predicted molar refractivity (Wildman–Crippen MR) is 126 cm³/mol. The SMILES string of the molecule is Cc1ccc([C@@H]2Oc3ccc(Cl)cc3[C@H]3CC(c4ccc5ccccc5c4)=NN32)cc1. The molecule has 0 aromatic heterocycles. The number of nitrogens with zero attached hydrogens (tertiary/aromatic N) is 2. The number of halogens is 1. The van der Waals surface area contributed by atoms with Gasteiger partial charge in [0.25, 0.3) is 0 Å². The average molecular weight is 425 g/mol. The van der Waals surface area contributed by atoms with Crippen LogP contribution in [0.3, 0.4) is 0 Å². The molecule has 31 heavy (non-hydrogen) atoms. The number of hydrogen-bond acceptors (Lipinski definition) is 3. The van der Waals surface area contributed by atoms with Crippen LogP contribution in [0.25, 0.3) is 10.8 Å². The molecule has 2 atom stereocenters. The van der Waals surface area contributed by atoms with Gasteiger partial charge in [0.15, 0.2) is 0 Å². The summed E-state index contributed by atoms with van der Waals surface area (Å²) in [5, 5.41) is 10.4. The molecule has 0 aliphatic carbocycles. The summed E-state index contributed by atoms with van der Waals surface area (Å²) < 4.78 is 6.44. The Kier molecular flexibility index (Phi) is 4.25. The summed E-state index contributed by atoms with van der Waals surface area (Å²) in [7, 11) is 0. The van der Waals surface area contributed by atoms with Crippen molar-refractivity contribution in [2.24, 2.45) is 5.10 Å². The van der Waals surface area contributed by atoms with Crippen molar-refractivity contribution in [3.05, 3.63) is 112 Å². The first-order valence-electron chi connectivity index (χ1n) is 10.5. The van der Waals surface area contributed by atoms with Crippen molar-refractivity contribution in [2.45, 2.75) is 25.6 Å². The van der Waals surface area contributed by atoms with E-state index in [0.717, 1.165) is 39.6 Å². The normalized spacial score (nSPS) is 19.5. The molecule has 152 valence electrons. The zero-order valence-electron chi connectivity index (χ0n) is 17.1. The van der Waals surface area contributed by atoms with Crippen molar-refractivity contribution in [3.8, 4) is 5.75 Å². The molecule has 2 aliphatic rings. The second-order valence-corrected chi connectivity index (χ2v) is 8.71. The molecule has 0 bridgehead atoms. The monoisotopic (exact) mass is 424 g/mol. The largest absolute Gasteiger partial charge is 0.464 e. The molecule has 4 aromatic carbocycles. The van der Waals surface area contributed by atoms with E-state index < -0.39 is 0 Å². The number of hydrazone groups is 1. The summed E-state index contributed by atoms with van der Waals surface area (Å²) in [5.74, 6) is 0.881. The molecule has 2 heterocycles. The molecule has 4 aromatic rings. The highest BCUT2D eigenvalue weighted by Gasteiger charge is 2.41. The molecular weight excluding hydrogens is 404 g/mol. The van der Waals surface area contributed by atoms with Crippen molar-refractivity contribution in [2.75, 3.05) is 0 Å². The van der Waals surface area contributed by atoms with Crippen molar-refractivity contribution in [3.63, 3.8) is 0 Å². The lowest BCUT2D eigenvalue weighted by molar-refractivity contribution is -0.0190. The van der Waals surface area contributed by atoms with Gasteiger partial charge in [-0.05, 0) is 47.5 Å². The summed E-state index contributed by atoms with van der Waals surface area (Å²) in [4.78, 5) is 0. The van der Waals surface area contributed by atoms with Crippen LogP contribution >= 0.6 is 11.6 Å². The van der Waals surface area contributed by atoms with Crippen LogP contribution in [-0.4, -0.2) is 10.7 Å². The maximum atomic E-state index is 6.44. The Hall–Kier alpha value is -3.30. The van der Waals surface area contributed by atoms with Crippen molar-refractivity contribution in [1.29, 1.82) is 0 Å². The van der Waals surface area contributed by atoms with E-state index in [0.29, 0.717) is 0 Å². The van der Waals surface area contributed by atoms with Crippen molar-refractivity contribution < 1.29 is 4.74 Å². The van der Waals surface area contributed by atoms with Gasteiger partial charge in [0.1, 0.15) is 5.75 Å². The fourth-order valence-electron chi connectivity index (χ4n) is 4.55. The van der Waals surface area contributed by atoms with Gasteiger partial charge < -0.3 is 4.74 Å². The maximum Gasteiger partial charge on any atom is 0.213 e. The molecule has 0 unspecified atom stereocenters. The van der Waals surface area contributed by atoms with Crippen LogP contribution in [0.5, 0.6) is 5.75 Å². The number of hydrogen-bond donors (Lipinski definition) is 0. The van der Waals surface area contributed by atoms with Crippen LogP contribution in [0.2, 0.25) is 5.02 Å². The van der Waals surface area contributed by atoms with Gasteiger partial charge in [-0.25, -0.2) is 5.01 Å². The lowest BCUT2D eigenvalue weighted by Gasteiger charge is -2.38. The van der Waals surface area contributed by atoms with E-state index >= 15 is 0 Å². The van der Waals surface area contributed by atoms with Gasteiger partial charge in [-0.15, -0.1) is 0 Å². The molecule has 4 heteroatoms. The molecule has 6 rings (SSSR count). The van der Waals surface area contributed by atoms with E-state index in [1.165, 1.54) is 16.3 Å². The Bertz CT molecular complexity index is 1330. The quantitative estimate of drug-likeness (QED) is 0.344. The maximum absolute atomic E-state index is 6.44. The minimum Gasteiger partial charge on any atom is -0.464 e. The van der Waals surface area contributed by atoms with Gasteiger partial charge in [-0.1, -0.05) is 77.8 Å². The number of fused-ring (bicyclic) bond motifs is 4. The number of ether oxygens (including phenoxy) is 1. The fraction of sp³-hybridized carbons (Fsp3) is 0.148. The molecule has 0 saturated carbocycles. The molecule has 0 fully saturated rings. The third-order valence-electron chi connectivity index (χ3n) is 6.20. The zero-order chi connectivity index (χ0) is 20.9. The van der Waals surface area contributed by atoms with E-state index in [1.807, 2.05) is 18.2 Å². The molecule has 2 aliphatic heterocycles. The Morgan fingerprint density at radius 1 is 0.903 bits per heavy atom. The topological polar surface area (TPSA) is 24.8 Å². The van der Waals surface area contributed by atoms with Crippen LogP contribution in [0, 0.1) is 6.92 Å². The van der Waals surface area contributed by atoms with Crippen molar-refractivity contribution >= 4 is 28.1 Å². The van der Waals surface area contributed by atoms with Gasteiger partial charge in [0, 0.05) is 22.6 Å². The molecule has 0 radical (unpaired) electrons. The molecule has 0 N–H and O–H groups in total. The molecular formula is C27H21ClN2O. The minimum absolute atomic E-state index is 0.0928. The Labute approximate surface area is 186 Å². The van der Waals surface area contributed by atoms with Crippen molar-refractivity contribution in [1.82, 2.24) is 5.01 Å². The average Bonchev–Trinajstić information content (AvgIpc) is 3.25. The van der Waals surface area contributed by atoms with Crippen LogP contribution < -0.4 is 4.74 Å². The number of benzene rings is 4. The summed E-state index contributed by atoms with van der Waals surface area (Å²) >= 11 is 6.35. The second-order valence-electron chi connectivity index (χ2n) is 8.27. The minimum atomic E-state index is -0.266. The molecule has 0 saturated heterocycles. The van der Waals surface area contributed by atoms with Gasteiger partial charge in [0.05, 0.1) is 11.8 Å². The Balaban J connectivity index is 1.45. The number of aryl methyl sites for hydroxylation is 1. The first-order chi connectivity index (χ1) is 15.2. The van der Waals surface area contributed by atoms with Crippen LogP contribution in [0.15, 0.2) is 90.0 Å². The summed E-state index contributed by atoms with van der Waals surface area (Å²) in [5.41, 5.74) is 5.64. The first-order valence-corrected chi connectivity index (χ1v) is 10.9. The zero-order valence-corrected chi connectivity index (χ0v) is 17.9. The second kappa shape index (κ2) is 7.14. The van der Waals surface area contributed by atoms with Crippen LogP contribution in [0.1, 0.15) is 40.9 Å². The first kappa shape index (κ1) is 18.5. The lowest BCUT2D eigenvalue weighted by atomic mass is 9.95. The number of rotatable bonds is 2. The van der Waals surface area contributed by atoms with E-state index in [-0.39, 0.29) is 12.3 Å². The third kappa shape index (κ3) is 3.17. The van der Waals surface area contributed by atoms with E-state index in [1.54, 1.807) is 0 Å². The van der Waals surface area contributed by atoms with Gasteiger partial charge in [-0.3, -0.25) is 0 Å². The van der Waals surface area contributed by atoms with E-state index in [9.17, 15) is 0 Å². The predicted octanol–water partition coefficient (Wildman–Crippen LogP) is 7.04. The van der Waals surface area contributed by atoms with E-state index in [4.69, 9.17) is 21.4 Å². The summed E-state index contributed by atoms with van der Waals surface area (Å²) in [6, 6.07) is 29.5. The third-order valence-corrected chi connectivity index (χ3v) is 6.43. The standard InChI is InChI=1S/C27H21ClN2O/c1-17-6-8-19(9-7-17)27-30-25(23-15-22(28)12-13-26(23)31-27)16-24(29-30)21-11-10-18-4-2-3-5-20(18)14-21/h2-15,25,27H,16H2,1H3/t25-,27+/m1/s1. The highest BCUT2D eigenvalue weighted by Crippen LogP contribution is 2.48. The lowest BCUT2D eigenvalue weighted by Crippen LogP contribution is -2.33. The highest BCUT2D eigenvalue weighted by molar-refractivity contribution is 6.30. The summed E-state index contributed by atoms with van der Waals surface area (Å²) in [6.45, 7) is 2.09. The Morgan fingerprint density at radius 2 is 1.71 bits per heavy atom. The highest BCUT2D eigenvalue weighted by atomic mass is 35.5. The molecule has 0 spiro atoms. The van der Waals surface area contributed by atoms with Gasteiger partial charge in [0.2, 0.25) is 6.23 Å². The summed E-state index contributed by atoms with van der Waals surface area (Å²) in [6.07, 6.45) is 0.550. The van der Waals surface area contributed by atoms with Gasteiger partial charge in [-0.2, -0.15) is 5.10 Å².